The summed E-state index contributed by atoms with van der Waals surface area (Å²) in [6, 6.07) is 7.48. The maximum Gasteiger partial charge on any atom is 0.270 e. The monoisotopic (exact) mass is 326 g/mol. The molecule has 112 valence electrons. The second-order valence-electron chi connectivity index (χ2n) is 4.31. The van der Waals surface area contributed by atoms with E-state index in [1.54, 1.807) is 0 Å². The summed E-state index contributed by atoms with van der Waals surface area (Å²) >= 11 is 0.803. The minimum Gasteiger partial charge on any atom is -0.301 e. The number of carbonyl (C=O) groups is 1. The minimum atomic E-state index is -3.75. The van der Waals surface area contributed by atoms with Crippen molar-refractivity contribution in [1.29, 1.82) is 0 Å². The van der Waals surface area contributed by atoms with Gasteiger partial charge in [0.15, 0.2) is 0 Å². The highest BCUT2D eigenvalue weighted by Gasteiger charge is 2.20. The zero-order valence-corrected chi connectivity index (χ0v) is 13.1. The maximum atomic E-state index is 12.1. The van der Waals surface area contributed by atoms with E-state index in [2.05, 4.69) is 20.2 Å². The van der Waals surface area contributed by atoms with Crippen LogP contribution in [0.3, 0.4) is 0 Å². The molecule has 0 aliphatic rings. The first-order valence-electron chi connectivity index (χ1n) is 6.04. The van der Waals surface area contributed by atoms with Gasteiger partial charge in [-0.05, 0) is 18.1 Å². The number of hydrogen-bond donors (Lipinski definition) is 2. The quantitative estimate of drug-likeness (QED) is 0.806. The Morgan fingerprint density at radius 2 is 2.00 bits per heavy atom. The Balaban J connectivity index is 2.10. The van der Waals surface area contributed by atoms with Crippen molar-refractivity contribution in [3.05, 3.63) is 35.4 Å². The molecular formula is C12H14N4O3S2. The lowest BCUT2D eigenvalue weighted by Gasteiger charge is -2.06. The molecule has 0 aliphatic carbocycles. The average Bonchev–Trinajstić information content (AvgIpc) is 2.86. The third-order valence-electron chi connectivity index (χ3n) is 2.63. The molecule has 0 spiro atoms. The lowest BCUT2D eigenvalue weighted by molar-refractivity contribution is -0.114. The summed E-state index contributed by atoms with van der Waals surface area (Å²) in [6.45, 7) is 3.39. The minimum absolute atomic E-state index is 0.152. The molecule has 1 aromatic heterocycles. The number of benzene rings is 1. The van der Waals surface area contributed by atoms with Crippen molar-refractivity contribution < 1.29 is 13.2 Å². The molecule has 9 heteroatoms. The van der Waals surface area contributed by atoms with Gasteiger partial charge in [0.1, 0.15) is 0 Å². The van der Waals surface area contributed by atoms with Crippen LogP contribution in [0.5, 0.6) is 0 Å². The van der Waals surface area contributed by atoms with E-state index in [-0.39, 0.29) is 21.9 Å². The van der Waals surface area contributed by atoms with Crippen molar-refractivity contribution in [2.24, 2.45) is 0 Å². The Bertz CT molecular complexity index is 755. The summed E-state index contributed by atoms with van der Waals surface area (Å²) in [5, 5.41) is 9.74. The number of aryl methyl sites for hydroxylation is 1. The van der Waals surface area contributed by atoms with Crippen molar-refractivity contribution in [3.8, 4) is 0 Å². The molecule has 0 saturated heterocycles. The summed E-state index contributed by atoms with van der Waals surface area (Å²) < 4.78 is 26.5. The predicted molar refractivity (Wildman–Crippen MR) is 79.4 cm³/mol. The molecule has 1 heterocycles. The van der Waals surface area contributed by atoms with Crippen LogP contribution in [0.4, 0.5) is 5.13 Å². The Kier molecular flexibility index (Phi) is 4.66. The second-order valence-corrected chi connectivity index (χ2v) is 7.22. The molecule has 0 fully saturated rings. The molecule has 1 aromatic carbocycles. The summed E-state index contributed by atoms with van der Waals surface area (Å²) in [5.74, 6) is -0.331. The van der Waals surface area contributed by atoms with Crippen LogP contribution in [0.1, 0.15) is 18.1 Å². The van der Waals surface area contributed by atoms with Crippen LogP contribution in [0.2, 0.25) is 0 Å². The van der Waals surface area contributed by atoms with Crippen molar-refractivity contribution in [1.82, 2.24) is 14.9 Å². The zero-order valence-electron chi connectivity index (χ0n) is 11.5. The van der Waals surface area contributed by atoms with Crippen LogP contribution in [-0.2, 0) is 21.4 Å². The van der Waals surface area contributed by atoms with E-state index in [4.69, 9.17) is 0 Å². The van der Waals surface area contributed by atoms with Crippen molar-refractivity contribution in [2.75, 3.05) is 5.32 Å². The van der Waals surface area contributed by atoms with Gasteiger partial charge in [-0.3, -0.25) is 4.79 Å². The molecule has 2 aromatic rings. The van der Waals surface area contributed by atoms with Gasteiger partial charge in [0, 0.05) is 13.5 Å². The highest BCUT2D eigenvalue weighted by molar-refractivity contribution is 7.91. The summed E-state index contributed by atoms with van der Waals surface area (Å²) in [6.07, 6.45) is 0. The highest BCUT2D eigenvalue weighted by atomic mass is 32.2. The van der Waals surface area contributed by atoms with Gasteiger partial charge >= 0.3 is 0 Å². The highest BCUT2D eigenvalue weighted by Crippen LogP contribution is 2.20. The van der Waals surface area contributed by atoms with E-state index in [0.29, 0.717) is 0 Å². The van der Waals surface area contributed by atoms with E-state index in [9.17, 15) is 13.2 Å². The number of carbonyl (C=O) groups excluding carboxylic acids is 1. The van der Waals surface area contributed by atoms with Gasteiger partial charge in [-0.1, -0.05) is 35.6 Å². The first-order valence-corrected chi connectivity index (χ1v) is 8.34. The average molecular weight is 326 g/mol. The van der Waals surface area contributed by atoms with Crippen LogP contribution in [0.15, 0.2) is 28.6 Å². The molecular weight excluding hydrogens is 312 g/mol. The number of nitrogens with one attached hydrogen (secondary N) is 2. The van der Waals surface area contributed by atoms with Gasteiger partial charge in [0.05, 0.1) is 0 Å². The normalized spacial score (nSPS) is 11.3. The lowest BCUT2D eigenvalue weighted by atomic mass is 10.1. The summed E-state index contributed by atoms with van der Waals surface area (Å²) in [5.41, 5.74) is 1.88. The SMILES string of the molecule is CC(=O)Nc1nnc(S(=O)(=O)NCc2ccccc2C)s1. The van der Waals surface area contributed by atoms with Crippen molar-refractivity contribution >= 4 is 32.4 Å². The molecule has 0 atom stereocenters. The number of sulfonamides is 1. The van der Waals surface area contributed by atoms with E-state index in [1.165, 1.54) is 6.92 Å². The molecule has 0 bridgehead atoms. The van der Waals surface area contributed by atoms with Gasteiger partial charge < -0.3 is 5.32 Å². The molecule has 2 rings (SSSR count). The molecule has 0 saturated carbocycles. The fraction of sp³-hybridized carbons (Fsp3) is 0.250. The van der Waals surface area contributed by atoms with Gasteiger partial charge in [0.25, 0.3) is 10.0 Å². The number of amides is 1. The molecule has 21 heavy (non-hydrogen) atoms. The van der Waals surface area contributed by atoms with Gasteiger partial charge in [-0.2, -0.15) is 0 Å². The third kappa shape index (κ3) is 4.06. The number of aromatic nitrogens is 2. The zero-order chi connectivity index (χ0) is 15.5. The predicted octanol–water partition coefficient (Wildman–Crippen LogP) is 1.28. The fourth-order valence-electron chi connectivity index (χ4n) is 1.56. The number of nitrogens with zero attached hydrogens (tertiary/aromatic N) is 2. The topological polar surface area (TPSA) is 101 Å². The van der Waals surface area contributed by atoms with Crippen LogP contribution in [-0.4, -0.2) is 24.5 Å². The van der Waals surface area contributed by atoms with Crippen molar-refractivity contribution in [2.45, 2.75) is 24.7 Å². The van der Waals surface area contributed by atoms with Crippen LogP contribution >= 0.6 is 11.3 Å². The first-order chi connectivity index (χ1) is 9.88. The van der Waals surface area contributed by atoms with Crippen LogP contribution in [0.25, 0.3) is 0 Å². The number of hydrogen-bond acceptors (Lipinski definition) is 6. The van der Waals surface area contributed by atoms with Crippen LogP contribution < -0.4 is 10.0 Å². The van der Waals surface area contributed by atoms with Crippen LogP contribution in [0, 0.1) is 6.92 Å². The van der Waals surface area contributed by atoms with Gasteiger partial charge in [-0.15, -0.1) is 10.2 Å². The van der Waals surface area contributed by atoms with E-state index in [1.807, 2.05) is 31.2 Å². The van der Waals surface area contributed by atoms with Crippen molar-refractivity contribution in [3.63, 3.8) is 0 Å². The molecule has 0 radical (unpaired) electrons. The fourth-order valence-corrected chi connectivity index (χ4v) is 3.56. The number of anilines is 1. The van der Waals surface area contributed by atoms with E-state index >= 15 is 0 Å². The Hall–Kier alpha value is -1.84. The maximum absolute atomic E-state index is 12.1. The molecule has 1 amide bonds. The first kappa shape index (κ1) is 15.5. The second kappa shape index (κ2) is 6.29. The Labute approximate surface area is 126 Å². The van der Waals surface area contributed by atoms with Gasteiger partial charge in [0.2, 0.25) is 15.4 Å². The molecule has 0 aliphatic heterocycles. The summed E-state index contributed by atoms with van der Waals surface area (Å²) in [4.78, 5) is 10.9. The largest absolute Gasteiger partial charge is 0.301 e. The molecule has 7 nitrogen and oxygen atoms in total. The Morgan fingerprint density at radius 1 is 1.29 bits per heavy atom. The van der Waals surface area contributed by atoms with Gasteiger partial charge in [-0.25, -0.2) is 13.1 Å². The van der Waals surface area contributed by atoms with E-state index in [0.717, 1.165) is 22.5 Å². The third-order valence-corrected chi connectivity index (χ3v) is 5.24. The summed E-state index contributed by atoms with van der Waals surface area (Å²) in [7, 11) is -3.75. The molecule has 2 N–H and O–H groups in total. The number of rotatable bonds is 5. The molecule has 0 unspecified atom stereocenters. The standard InChI is InChI=1S/C12H14N4O3S2/c1-8-5-3-4-6-10(8)7-13-21(18,19)12-16-15-11(20-12)14-9(2)17/h3-6,13H,7H2,1-2H3,(H,14,15,17). The van der Waals surface area contributed by atoms with E-state index < -0.39 is 10.0 Å². The smallest absolute Gasteiger partial charge is 0.270 e. The Morgan fingerprint density at radius 3 is 2.67 bits per heavy atom. The lowest BCUT2D eigenvalue weighted by Crippen LogP contribution is -2.23.